The summed E-state index contributed by atoms with van der Waals surface area (Å²) in [6.45, 7) is 7.58. The number of carbonyl (C=O) groups excluding carboxylic acids is 1. The maximum Gasteiger partial charge on any atom is 0.410 e. The first-order chi connectivity index (χ1) is 15.8. The minimum Gasteiger partial charge on any atom is -0.444 e. The zero-order chi connectivity index (χ0) is 23.2. The third kappa shape index (κ3) is 4.44. The number of fused-ring (bicyclic) bond motifs is 1. The molecule has 3 aromatic rings. The van der Waals surface area contributed by atoms with Gasteiger partial charge in [-0.05, 0) is 63.4 Å². The highest BCUT2D eigenvalue weighted by Gasteiger charge is 2.34. The Labute approximate surface area is 192 Å². The smallest absolute Gasteiger partial charge is 0.410 e. The van der Waals surface area contributed by atoms with E-state index in [4.69, 9.17) is 9.84 Å². The lowest BCUT2D eigenvalue weighted by atomic mass is 10.0. The van der Waals surface area contributed by atoms with Crippen molar-refractivity contribution in [1.29, 1.82) is 0 Å². The van der Waals surface area contributed by atoms with E-state index in [9.17, 15) is 9.18 Å². The molecule has 2 saturated heterocycles. The Morgan fingerprint density at radius 3 is 2.79 bits per heavy atom. The van der Waals surface area contributed by atoms with E-state index in [0.29, 0.717) is 13.1 Å². The molecule has 2 aromatic heterocycles. The second-order valence-electron chi connectivity index (χ2n) is 9.74. The van der Waals surface area contributed by atoms with Gasteiger partial charge in [0.25, 0.3) is 0 Å². The molecule has 0 spiro atoms. The first-order valence-corrected chi connectivity index (χ1v) is 11.4. The lowest BCUT2D eigenvalue weighted by Gasteiger charge is -2.40. The molecule has 1 aromatic carbocycles. The van der Waals surface area contributed by atoms with Crippen LogP contribution in [0.5, 0.6) is 0 Å². The van der Waals surface area contributed by atoms with Crippen molar-refractivity contribution in [2.45, 2.75) is 51.3 Å². The van der Waals surface area contributed by atoms with E-state index >= 15 is 0 Å². The van der Waals surface area contributed by atoms with Crippen molar-refractivity contribution >= 4 is 23.4 Å². The van der Waals surface area contributed by atoms with Crippen LogP contribution in [-0.2, 0) is 4.74 Å². The van der Waals surface area contributed by atoms with Crippen LogP contribution in [0.4, 0.5) is 20.8 Å². The maximum absolute atomic E-state index is 13.8. The number of nitrogens with zero attached hydrogens (tertiary/aromatic N) is 5. The van der Waals surface area contributed by atoms with Crippen LogP contribution in [-0.4, -0.2) is 56.9 Å². The molecule has 33 heavy (non-hydrogen) atoms. The molecule has 2 fully saturated rings. The highest BCUT2D eigenvalue weighted by molar-refractivity contribution is 5.69. The second-order valence-corrected chi connectivity index (χ2v) is 9.74. The summed E-state index contributed by atoms with van der Waals surface area (Å²) in [5.41, 5.74) is 1.21. The molecule has 2 aliphatic rings. The van der Waals surface area contributed by atoms with Crippen molar-refractivity contribution in [3.05, 3.63) is 54.0 Å². The minimum atomic E-state index is -0.503. The third-order valence-corrected chi connectivity index (χ3v) is 6.01. The quantitative estimate of drug-likeness (QED) is 0.638. The number of likely N-dealkylation sites (tertiary alicyclic amines) is 1. The standard InChI is InChI=1S/C24H29FN6O2/c1-24(2,3)33-23(32)29-14-18(15-29)27-22-13-26-20-9-10-21(28-31(20)22)30-11-5-8-19(30)16-6-4-7-17(25)12-16/h4,6-7,9-10,12-13,18-19,27H,5,8,11,14-15H2,1-3H3/t19-/m1/s1. The van der Waals surface area contributed by atoms with Crippen molar-refractivity contribution in [2.24, 2.45) is 0 Å². The van der Waals surface area contributed by atoms with Crippen molar-refractivity contribution in [3.8, 4) is 0 Å². The van der Waals surface area contributed by atoms with Crippen LogP contribution in [0.1, 0.15) is 45.2 Å². The fourth-order valence-electron chi connectivity index (χ4n) is 4.47. The first kappa shape index (κ1) is 21.5. The van der Waals surface area contributed by atoms with Gasteiger partial charge in [0, 0.05) is 19.6 Å². The van der Waals surface area contributed by atoms with Crippen molar-refractivity contribution in [3.63, 3.8) is 0 Å². The van der Waals surface area contributed by atoms with E-state index in [-0.39, 0.29) is 24.0 Å². The van der Waals surface area contributed by atoms with Crippen LogP contribution >= 0.6 is 0 Å². The fraction of sp³-hybridized carbons (Fsp3) is 0.458. The number of halogens is 1. The maximum atomic E-state index is 13.8. The lowest BCUT2D eigenvalue weighted by molar-refractivity contribution is 0.0104. The van der Waals surface area contributed by atoms with Crippen LogP contribution in [0.3, 0.4) is 0 Å². The average molecular weight is 453 g/mol. The van der Waals surface area contributed by atoms with Gasteiger partial charge in [-0.1, -0.05) is 12.1 Å². The van der Waals surface area contributed by atoms with Crippen LogP contribution in [0, 0.1) is 5.82 Å². The van der Waals surface area contributed by atoms with Gasteiger partial charge in [0.2, 0.25) is 0 Å². The van der Waals surface area contributed by atoms with Crippen LogP contribution < -0.4 is 10.2 Å². The Morgan fingerprint density at radius 1 is 1.21 bits per heavy atom. The zero-order valence-electron chi connectivity index (χ0n) is 19.2. The number of rotatable bonds is 4. The molecule has 1 atom stereocenters. The van der Waals surface area contributed by atoms with Crippen LogP contribution in [0.2, 0.25) is 0 Å². The van der Waals surface area contributed by atoms with Gasteiger partial charge in [0.1, 0.15) is 23.1 Å². The van der Waals surface area contributed by atoms with E-state index in [1.54, 1.807) is 27.7 Å². The topological polar surface area (TPSA) is 75.0 Å². The van der Waals surface area contributed by atoms with Gasteiger partial charge >= 0.3 is 6.09 Å². The number of hydrogen-bond donors (Lipinski definition) is 1. The Bertz CT molecular complexity index is 1170. The average Bonchev–Trinajstić information content (AvgIpc) is 3.36. The molecular formula is C24H29FN6O2. The highest BCUT2D eigenvalue weighted by atomic mass is 19.1. The molecule has 8 nitrogen and oxygen atoms in total. The van der Waals surface area contributed by atoms with Gasteiger partial charge in [-0.2, -0.15) is 4.52 Å². The molecule has 0 unspecified atom stereocenters. The number of amides is 1. The van der Waals surface area contributed by atoms with Gasteiger partial charge in [0.15, 0.2) is 5.65 Å². The molecule has 2 aliphatic heterocycles. The van der Waals surface area contributed by atoms with Gasteiger partial charge in [-0.3, -0.25) is 0 Å². The molecule has 0 bridgehead atoms. The van der Waals surface area contributed by atoms with Gasteiger partial charge in [0.05, 0.1) is 18.3 Å². The van der Waals surface area contributed by atoms with Gasteiger partial charge in [-0.25, -0.2) is 14.2 Å². The van der Waals surface area contributed by atoms with Gasteiger partial charge < -0.3 is 19.9 Å². The molecule has 174 valence electrons. The molecule has 0 saturated carbocycles. The van der Waals surface area contributed by atoms with Crippen molar-refractivity contribution < 1.29 is 13.9 Å². The van der Waals surface area contributed by atoms with Crippen molar-refractivity contribution in [1.82, 2.24) is 19.5 Å². The number of aromatic nitrogens is 3. The largest absolute Gasteiger partial charge is 0.444 e. The zero-order valence-corrected chi connectivity index (χ0v) is 19.2. The number of anilines is 2. The first-order valence-electron chi connectivity index (χ1n) is 11.4. The summed E-state index contributed by atoms with van der Waals surface area (Å²) in [4.78, 5) is 20.5. The Balaban J connectivity index is 1.30. The summed E-state index contributed by atoms with van der Waals surface area (Å²) in [6, 6.07) is 10.9. The molecule has 9 heteroatoms. The minimum absolute atomic E-state index is 0.0969. The molecule has 1 amide bonds. The SMILES string of the molecule is CC(C)(C)OC(=O)N1CC(Nc2cnc3ccc(N4CCC[C@@H]4c4cccc(F)c4)nn23)C1. The Hall–Kier alpha value is -3.36. The lowest BCUT2D eigenvalue weighted by Crippen LogP contribution is -2.58. The van der Waals surface area contributed by atoms with E-state index in [0.717, 1.165) is 42.2 Å². The summed E-state index contributed by atoms with van der Waals surface area (Å²) < 4.78 is 21.0. The number of imidazole rings is 1. The number of benzene rings is 1. The molecular weight excluding hydrogens is 423 g/mol. The summed E-state index contributed by atoms with van der Waals surface area (Å²) in [5, 5.41) is 8.29. The number of nitrogens with one attached hydrogen (secondary N) is 1. The van der Waals surface area contributed by atoms with E-state index < -0.39 is 5.60 Å². The Morgan fingerprint density at radius 2 is 2.03 bits per heavy atom. The monoisotopic (exact) mass is 452 g/mol. The third-order valence-electron chi connectivity index (χ3n) is 6.01. The molecule has 0 aliphatic carbocycles. The number of hydrogen-bond acceptors (Lipinski definition) is 6. The van der Waals surface area contributed by atoms with Crippen LogP contribution in [0.25, 0.3) is 5.65 Å². The van der Waals surface area contributed by atoms with E-state index in [1.165, 1.54) is 6.07 Å². The highest BCUT2D eigenvalue weighted by Crippen LogP contribution is 2.35. The molecule has 0 radical (unpaired) electrons. The van der Waals surface area contributed by atoms with E-state index in [2.05, 4.69) is 15.2 Å². The normalized spacial score (nSPS) is 19.1. The molecule has 5 rings (SSSR count). The van der Waals surface area contributed by atoms with Gasteiger partial charge in [-0.15, -0.1) is 5.10 Å². The second kappa shape index (κ2) is 8.20. The molecule has 1 N–H and O–H groups in total. The predicted molar refractivity (Wildman–Crippen MR) is 124 cm³/mol. The Kier molecular flexibility index (Phi) is 5.34. The predicted octanol–water partition coefficient (Wildman–Crippen LogP) is 4.24. The summed E-state index contributed by atoms with van der Waals surface area (Å²) >= 11 is 0. The summed E-state index contributed by atoms with van der Waals surface area (Å²) in [7, 11) is 0. The number of ether oxygens (including phenoxy) is 1. The van der Waals surface area contributed by atoms with Crippen LogP contribution in [0.15, 0.2) is 42.6 Å². The summed E-state index contributed by atoms with van der Waals surface area (Å²) in [6.07, 6.45) is 3.45. The molecule has 4 heterocycles. The summed E-state index contributed by atoms with van der Waals surface area (Å²) in [5.74, 6) is 1.39. The fourth-order valence-corrected chi connectivity index (χ4v) is 4.47. The van der Waals surface area contributed by atoms with E-state index in [1.807, 2.05) is 39.0 Å². The number of carbonyl (C=O) groups is 1. The van der Waals surface area contributed by atoms with Crippen molar-refractivity contribution in [2.75, 3.05) is 29.9 Å².